The summed E-state index contributed by atoms with van der Waals surface area (Å²) in [6, 6.07) is 13.1. The molecule has 0 bridgehead atoms. The molecular formula is C23H30BrNO3S. The van der Waals surface area contributed by atoms with Gasteiger partial charge in [-0.1, -0.05) is 57.7 Å². The highest BCUT2D eigenvalue weighted by Crippen LogP contribution is 2.47. The molecule has 0 spiro atoms. The number of unbranched alkanes of at least 4 members (excludes halogenated alkanes) is 2. The van der Waals surface area contributed by atoms with Crippen molar-refractivity contribution in [2.75, 3.05) is 17.2 Å². The van der Waals surface area contributed by atoms with E-state index in [9.17, 15) is 13.5 Å². The zero-order valence-electron chi connectivity index (χ0n) is 17.2. The Kier molecular flexibility index (Phi) is 6.94. The monoisotopic (exact) mass is 479 g/mol. The van der Waals surface area contributed by atoms with Gasteiger partial charge < -0.3 is 10.0 Å². The van der Waals surface area contributed by atoms with E-state index in [-0.39, 0.29) is 21.8 Å². The zero-order valence-corrected chi connectivity index (χ0v) is 19.6. The van der Waals surface area contributed by atoms with Gasteiger partial charge in [-0.05, 0) is 47.0 Å². The van der Waals surface area contributed by atoms with Gasteiger partial charge in [0.2, 0.25) is 0 Å². The summed E-state index contributed by atoms with van der Waals surface area (Å²) in [5, 5.41) is 10.2. The summed E-state index contributed by atoms with van der Waals surface area (Å²) in [4.78, 5) is 2.35. The van der Waals surface area contributed by atoms with Crippen molar-refractivity contribution in [3.63, 3.8) is 0 Å². The fourth-order valence-electron chi connectivity index (χ4n) is 4.31. The number of sulfone groups is 1. The molecule has 4 nitrogen and oxygen atoms in total. The number of aromatic hydroxyl groups is 1. The molecule has 0 radical (unpaired) electrons. The van der Waals surface area contributed by atoms with Crippen molar-refractivity contribution in [1.29, 1.82) is 0 Å². The number of rotatable bonds is 7. The lowest BCUT2D eigenvalue weighted by atomic mass is 9.79. The number of fused-ring (bicyclic) bond motifs is 1. The summed E-state index contributed by atoms with van der Waals surface area (Å²) < 4.78 is 27.5. The van der Waals surface area contributed by atoms with Crippen molar-refractivity contribution in [2.45, 2.75) is 57.3 Å². The van der Waals surface area contributed by atoms with E-state index in [4.69, 9.17) is 0 Å². The Bertz CT molecular complexity index is 936. The highest BCUT2D eigenvalue weighted by molar-refractivity contribution is 9.10. The van der Waals surface area contributed by atoms with Crippen molar-refractivity contribution in [3.8, 4) is 5.75 Å². The molecule has 0 unspecified atom stereocenters. The summed E-state index contributed by atoms with van der Waals surface area (Å²) in [6.07, 6.45) is 5.86. The molecule has 2 aromatic carbocycles. The van der Waals surface area contributed by atoms with E-state index in [2.05, 4.69) is 34.7 Å². The van der Waals surface area contributed by atoms with E-state index < -0.39 is 9.84 Å². The van der Waals surface area contributed by atoms with Gasteiger partial charge in [-0.15, -0.1) is 0 Å². The smallest absolute Gasteiger partial charge is 0.181 e. The van der Waals surface area contributed by atoms with E-state index >= 15 is 0 Å². The summed E-state index contributed by atoms with van der Waals surface area (Å²) in [5.74, 6) is 0.0761. The van der Waals surface area contributed by atoms with Crippen molar-refractivity contribution in [2.24, 2.45) is 5.41 Å². The van der Waals surface area contributed by atoms with Gasteiger partial charge in [0, 0.05) is 23.7 Å². The Morgan fingerprint density at radius 1 is 1.07 bits per heavy atom. The molecule has 0 atom stereocenters. The number of halogens is 1. The van der Waals surface area contributed by atoms with Crippen molar-refractivity contribution < 1.29 is 13.5 Å². The molecule has 0 fully saturated rings. The molecule has 0 saturated carbocycles. The Morgan fingerprint density at radius 3 is 2.28 bits per heavy atom. The van der Waals surface area contributed by atoms with Crippen LogP contribution in [0.2, 0.25) is 0 Å². The van der Waals surface area contributed by atoms with Crippen LogP contribution < -0.4 is 4.90 Å². The maximum atomic E-state index is 13.5. The Morgan fingerprint density at radius 2 is 1.69 bits per heavy atom. The van der Waals surface area contributed by atoms with Gasteiger partial charge in [0.1, 0.15) is 5.75 Å². The van der Waals surface area contributed by atoms with Crippen molar-refractivity contribution in [3.05, 3.63) is 46.9 Å². The van der Waals surface area contributed by atoms with Crippen LogP contribution in [0.15, 0.2) is 51.8 Å². The van der Waals surface area contributed by atoms with E-state index in [1.54, 1.807) is 6.07 Å². The molecule has 0 saturated heterocycles. The number of para-hydroxylation sites is 1. The molecule has 0 aliphatic carbocycles. The van der Waals surface area contributed by atoms with Gasteiger partial charge in [-0.2, -0.15) is 0 Å². The molecule has 1 heterocycles. The molecule has 6 heteroatoms. The number of hydrogen-bond donors (Lipinski definition) is 1. The number of phenolic OH excluding ortho intramolecular Hbond substituents is 1. The predicted molar refractivity (Wildman–Crippen MR) is 123 cm³/mol. The highest BCUT2D eigenvalue weighted by Gasteiger charge is 2.42. The normalized spacial score (nSPS) is 17.6. The maximum absolute atomic E-state index is 13.5. The van der Waals surface area contributed by atoms with Crippen LogP contribution in [0.4, 0.5) is 11.4 Å². The van der Waals surface area contributed by atoms with Gasteiger partial charge in [0.25, 0.3) is 0 Å². The zero-order chi connectivity index (χ0) is 21.1. The number of phenols is 1. The van der Waals surface area contributed by atoms with Crippen LogP contribution in [-0.2, 0) is 9.84 Å². The summed E-state index contributed by atoms with van der Waals surface area (Å²) in [6.45, 7) is 4.95. The molecule has 1 aliphatic heterocycles. The summed E-state index contributed by atoms with van der Waals surface area (Å²) >= 11 is 3.38. The molecular weight excluding hydrogens is 450 g/mol. The average molecular weight is 480 g/mol. The second-order valence-electron chi connectivity index (χ2n) is 8.16. The van der Waals surface area contributed by atoms with Gasteiger partial charge >= 0.3 is 0 Å². The molecule has 0 aromatic heterocycles. The van der Waals surface area contributed by atoms with Gasteiger partial charge in [-0.3, -0.25) is 0 Å². The standard InChI is InChI=1S/C23H30BrNO3S/c1-3-5-12-23(13-6-4-2)16-25(18-10-8-7-9-11-18)20-14-19(24)21(26)15-22(20)29(27,28)17-23/h7-11,14-15,26H,3-6,12-13,16-17H2,1-2H3. The number of benzene rings is 2. The second-order valence-corrected chi connectivity index (χ2v) is 11.0. The third-order valence-electron chi connectivity index (χ3n) is 5.83. The third kappa shape index (κ3) is 4.80. The highest BCUT2D eigenvalue weighted by atomic mass is 79.9. The first-order valence-corrected chi connectivity index (χ1v) is 12.8. The van der Waals surface area contributed by atoms with Crippen LogP contribution in [0.5, 0.6) is 5.75 Å². The second kappa shape index (κ2) is 9.09. The first-order valence-electron chi connectivity index (χ1n) is 10.4. The molecule has 3 rings (SSSR count). The minimum Gasteiger partial charge on any atom is -0.507 e. The lowest BCUT2D eigenvalue weighted by molar-refractivity contribution is 0.270. The van der Waals surface area contributed by atoms with Crippen LogP contribution in [0.3, 0.4) is 0 Å². The molecule has 0 amide bonds. The Balaban J connectivity index is 2.22. The SMILES string of the molecule is CCCCC1(CCCC)CN(c2ccccc2)c2cc(Br)c(O)cc2S(=O)(=O)C1. The maximum Gasteiger partial charge on any atom is 0.181 e. The quantitative estimate of drug-likeness (QED) is 0.495. The van der Waals surface area contributed by atoms with Gasteiger partial charge in [0.15, 0.2) is 9.84 Å². The molecule has 1 N–H and O–H groups in total. The van der Waals surface area contributed by atoms with Crippen LogP contribution >= 0.6 is 15.9 Å². The van der Waals surface area contributed by atoms with Crippen LogP contribution in [0, 0.1) is 5.41 Å². The van der Waals surface area contributed by atoms with Crippen LogP contribution in [0.25, 0.3) is 0 Å². The fourth-order valence-corrected chi connectivity index (χ4v) is 6.76. The molecule has 1 aliphatic rings. The fraction of sp³-hybridized carbons (Fsp3) is 0.478. The van der Waals surface area contributed by atoms with Crippen molar-refractivity contribution in [1.82, 2.24) is 0 Å². The largest absolute Gasteiger partial charge is 0.507 e. The van der Waals surface area contributed by atoms with Crippen molar-refractivity contribution >= 4 is 37.1 Å². The number of anilines is 2. The summed E-state index contributed by atoms with van der Waals surface area (Å²) in [5.41, 5.74) is 1.29. The first-order chi connectivity index (χ1) is 13.8. The van der Waals surface area contributed by atoms with E-state index in [1.165, 1.54) is 6.07 Å². The number of nitrogens with zero attached hydrogens (tertiary/aromatic N) is 1. The summed E-state index contributed by atoms with van der Waals surface area (Å²) in [7, 11) is -3.55. The lowest BCUT2D eigenvalue weighted by Crippen LogP contribution is -2.38. The van der Waals surface area contributed by atoms with Crippen LogP contribution in [0.1, 0.15) is 52.4 Å². The molecule has 29 heavy (non-hydrogen) atoms. The predicted octanol–water partition coefficient (Wildman–Crippen LogP) is 6.45. The van der Waals surface area contributed by atoms with Crippen LogP contribution in [-0.4, -0.2) is 25.8 Å². The average Bonchev–Trinajstić information content (AvgIpc) is 2.79. The van der Waals surface area contributed by atoms with E-state index in [1.807, 2.05) is 30.3 Å². The van der Waals surface area contributed by atoms with Gasteiger partial charge in [0.05, 0.1) is 20.8 Å². The first kappa shape index (κ1) is 22.2. The molecule has 2 aromatic rings. The lowest BCUT2D eigenvalue weighted by Gasteiger charge is -2.37. The Hall–Kier alpha value is -1.53. The van der Waals surface area contributed by atoms with E-state index in [0.717, 1.165) is 44.2 Å². The minimum absolute atomic E-state index is 0.0463. The Labute approximate surface area is 183 Å². The number of hydrogen-bond acceptors (Lipinski definition) is 4. The van der Waals surface area contributed by atoms with Gasteiger partial charge in [-0.25, -0.2) is 8.42 Å². The topological polar surface area (TPSA) is 57.6 Å². The minimum atomic E-state index is -3.55. The molecule has 158 valence electrons. The van der Waals surface area contributed by atoms with E-state index in [0.29, 0.717) is 16.7 Å². The third-order valence-corrected chi connectivity index (χ3v) is 8.46.